The lowest BCUT2D eigenvalue weighted by atomic mass is 9.97. The molecule has 2 aliphatic heterocycles. The molecule has 0 bridgehead atoms. The Labute approximate surface area is 196 Å². The SMILES string of the molecule is CCNC(=NCC(=O)N1CCCC1)NCC(c1cccs1)N1CCC(C)CC1.I. The second-order valence-electron chi connectivity index (χ2n) is 7.91. The molecule has 2 N–H and O–H groups in total. The van der Waals surface area contributed by atoms with E-state index in [1.165, 1.54) is 17.7 Å². The van der Waals surface area contributed by atoms with Gasteiger partial charge in [-0.05, 0) is 63.1 Å². The highest BCUT2D eigenvalue weighted by Crippen LogP contribution is 2.29. The van der Waals surface area contributed by atoms with E-state index in [0.29, 0.717) is 6.04 Å². The number of aliphatic imine (C=N–C) groups is 1. The molecular weight excluding hydrogens is 497 g/mol. The zero-order chi connectivity index (χ0) is 19.8. The van der Waals surface area contributed by atoms with E-state index in [2.05, 4.69) is 51.9 Å². The van der Waals surface area contributed by atoms with Crippen LogP contribution in [0.1, 0.15) is 50.4 Å². The third-order valence-electron chi connectivity index (χ3n) is 5.77. The fourth-order valence-electron chi connectivity index (χ4n) is 3.98. The molecule has 1 aromatic heterocycles. The molecule has 3 heterocycles. The normalized spacial score (nSPS) is 19.7. The maximum Gasteiger partial charge on any atom is 0.244 e. The summed E-state index contributed by atoms with van der Waals surface area (Å²) in [6, 6.07) is 4.72. The summed E-state index contributed by atoms with van der Waals surface area (Å²) >= 11 is 1.82. The number of carbonyl (C=O) groups excluding carboxylic acids is 1. The first-order chi connectivity index (χ1) is 13.7. The number of nitrogens with zero attached hydrogens (tertiary/aromatic N) is 3. The van der Waals surface area contributed by atoms with Gasteiger partial charge in [0.15, 0.2) is 5.96 Å². The molecule has 1 amide bonds. The molecule has 2 aliphatic rings. The van der Waals surface area contributed by atoms with E-state index >= 15 is 0 Å². The molecule has 6 nitrogen and oxygen atoms in total. The summed E-state index contributed by atoms with van der Waals surface area (Å²) in [6.07, 6.45) is 4.76. The van der Waals surface area contributed by atoms with Gasteiger partial charge in [0.25, 0.3) is 0 Å². The van der Waals surface area contributed by atoms with Gasteiger partial charge in [-0.2, -0.15) is 0 Å². The van der Waals surface area contributed by atoms with Gasteiger partial charge in [-0.25, -0.2) is 4.99 Å². The van der Waals surface area contributed by atoms with Crippen molar-refractivity contribution in [2.45, 2.75) is 45.6 Å². The lowest BCUT2D eigenvalue weighted by Crippen LogP contribution is -2.45. The Morgan fingerprint density at radius 1 is 1.24 bits per heavy atom. The van der Waals surface area contributed by atoms with Crippen molar-refractivity contribution in [3.8, 4) is 0 Å². The van der Waals surface area contributed by atoms with Crippen molar-refractivity contribution in [2.75, 3.05) is 45.8 Å². The number of rotatable bonds is 7. The quantitative estimate of drug-likeness (QED) is 0.321. The maximum absolute atomic E-state index is 12.3. The van der Waals surface area contributed by atoms with Crippen molar-refractivity contribution >= 4 is 47.2 Å². The minimum atomic E-state index is 0. The topological polar surface area (TPSA) is 60.0 Å². The molecule has 2 saturated heterocycles. The van der Waals surface area contributed by atoms with Crippen LogP contribution in [0.25, 0.3) is 0 Å². The fourth-order valence-corrected chi connectivity index (χ4v) is 4.84. The molecule has 0 aliphatic carbocycles. The molecule has 0 saturated carbocycles. The number of piperidine rings is 1. The molecule has 3 rings (SSSR count). The van der Waals surface area contributed by atoms with Gasteiger partial charge < -0.3 is 15.5 Å². The van der Waals surface area contributed by atoms with Crippen molar-refractivity contribution in [1.29, 1.82) is 0 Å². The standard InChI is InChI=1S/C21H35N5OS.HI/c1-3-22-21(24-16-20(27)26-10-4-5-11-26)23-15-18(19-7-6-14-28-19)25-12-8-17(2)9-13-25;/h6-7,14,17-18H,3-5,8-13,15-16H2,1-2H3,(H2,22,23,24);1H. The van der Waals surface area contributed by atoms with Gasteiger partial charge in [0.05, 0.1) is 6.04 Å². The van der Waals surface area contributed by atoms with E-state index in [9.17, 15) is 4.79 Å². The maximum atomic E-state index is 12.3. The van der Waals surface area contributed by atoms with Gasteiger partial charge in [0, 0.05) is 31.1 Å². The molecule has 164 valence electrons. The minimum Gasteiger partial charge on any atom is -0.357 e. The molecule has 2 fully saturated rings. The van der Waals surface area contributed by atoms with E-state index in [4.69, 9.17) is 0 Å². The zero-order valence-electron chi connectivity index (χ0n) is 17.7. The predicted octanol–water partition coefficient (Wildman–Crippen LogP) is 3.32. The van der Waals surface area contributed by atoms with Gasteiger partial charge >= 0.3 is 0 Å². The first kappa shape index (κ1) is 24.4. The highest BCUT2D eigenvalue weighted by atomic mass is 127. The summed E-state index contributed by atoms with van der Waals surface area (Å²) in [7, 11) is 0. The molecular formula is C21H36IN5OS. The van der Waals surface area contributed by atoms with Crippen LogP contribution in [0.4, 0.5) is 0 Å². The van der Waals surface area contributed by atoms with E-state index in [0.717, 1.165) is 64.0 Å². The van der Waals surface area contributed by atoms with E-state index < -0.39 is 0 Å². The van der Waals surface area contributed by atoms with Crippen LogP contribution in [0.15, 0.2) is 22.5 Å². The Bertz CT molecular complexity index is 625. The van der Waals surface area contributed by atoms with Crippen molar-refractivity contribution in [2.24, 2.45) is 10.9 Å². The minimum absolute atomic E-state index is 0. The average Bonchev–Trinajstić information content (AvgIpc) is 3.41. The molecule has 29 heavy (non-hydrogen) atoms. The van der Waals surface area contributed by atoms with E-state index in [-0.39, 0.29) is 36.4 Å². The third-order valence-corrected chi connectivity index (χ3v) is 6.74. The third kappa shape index (κ3) is 7.40. The van der Waals surface area contributed by atoms with E-state index in [1.807, 2.05) is 16.2 Å². The first-order valence-electron chi connectivity index (χ1n) is 10.7. The number of amides is 1. The number of carbonyl (C=O) groups is 1. The van der Waals surface area contributed by atoms with Crippen LogP contribution in [0, 0.1) is 5.92 Å². The van der Waals surface area contributed by atoms with Crippen LogP contribution in [0.5, 0.6) is 0 Å². The Hall–Kier alpha value is -0.870. The van der Waals surface area contributed by atoms with Crippen LogP contribution in [-0.2, 0) is 4.79 Å². The summed E-state index contributed by atoms with van der Waals surface area (Å²) in [5, 5.41) is 8.94. The number of halogens is 1. The molecule has 8 heteroatoms. The van der Waals surface area contributed by atoms with Crippen LogP contribution in [0.3, 0.4) is 0 Å². The second kappa shape index (κ2) is 12.7. The lowest BCUT2D eigenvalue weighted by molar-refractivity contribution is -0.128. The Kier molecular flexibility index (Phi) is 10.7. The Balaban J connectivity index is 0.00000300. The van der Waals surface area contributed by atoms with Crippen LogP contribution < -0.4 is 10.6 Å². The number of nitrogens with one attached hydrogen (secondary N) is 2. The molecule has 0 radical (unpaired) electrons. The van der Waals surface area contributed by atoms with Crippen molar-refractivity contribution in [3.63, 3.8) is 0 Å². The second-order valence-corrected chi connectivity index (χ2v) is 8.89. The molecule has 0 spiro atoms. The van der Waals surface area contributed by atoms with Crippen molar-refractivity contribution < 1.29 is 4.79 Å². The summed E-state index contributed by atoms with van der Waals surface area (Å²) in [4.78, 5) is 22.8. The number of thiophene rings is 1. The highest BCUT2D eigenvalue weighted by molar-refractivity contribution is 14.0. The number of guanidine groups is 1. The molecule has 1 aromatic rings. The number of hydrogen-bond acceptors (Lipinski definition) is 4. The summed E-state index contributed by atoms with van der Waals surface area (Å²) in [6.45, 7) is 10.3. The van der Waals surface area contributed by atoms with Crippen molar-refractivity contribution in [1.82, 2.24) is 20.4 Å². The van der Waals surface area contributed by atoms with Crippen LogP contribution in [-0.4, -0.2) is 67.5 Å². The number of likely N-dealkylation sites (tertiary alicyclic amines) is 2. The van der Waals surface area contributed by atoms with Crippen LogP contribution in [0.2, 0.25) is 0 Å². The van der Waals surface area contributed by atoms with Crippen LogP contribution >= 0.6 is 35.3 Å². The molecule has 1 atom stereocenters. The predicted molar refractivity (Wildman–Crippen MR) is 132 cm³/mol. The molecule has 1 unspecified atom stereocenters. The van der Waals surface area contributed by atoms with Gasteiger partial charge in [-0.1, -0.05) is 13.0 Å². The summed E-state index contributed by atoms with van der Waals surface area (Å²) in [5.74, 6) is 1.69. The van der Waals surface area contributed by atoms with Gasteiger partial charge in [-0.15, -0.1) is 35.3 Å². The van der Waals surface area contributed by atoms with E-state index in [1.54, 1.807) is 0 Å². The highest BCUT2D eigenvalue weighted by Gasteiger charge is 2.25. The monoisotopic (exact) mass is 533 g/mol. The molecule has 0 aromatic carbocycles. The largest absolute Gasteiger partial charge is 0.357 e. The smallest absolute Gasteiger partial charge is 0.244 e. The average molecular weight is 534 g/mol. The summed E-state index contributed by atoms with van der Waals surface area (Å²) in [5.41, 5.74) is 0. The zero-order valence-corrected chi connectivity index (χ0v) is 20.9. The first-order valence-corrected chi connectivity index (χ1v) is 11.6. The fraction of sp³-hybridized carbons (Fsp3) is 0.714. The van der Waals surface area contributed by atoms with Gasteiger partial charge in [0.1, 0.15) is 6.54 Å². The Morgan fingerprint density at radius 3 is 2.59 bits per heavy atom. The lowest BCUT2D eigenvalue weighted by Gasteiger charge is -2.36. The number of hydrogen-bond donors (Lipinski definition) is 2. The van der Waals surface area contributed by atoms with Gasteiger partial charge in [-0.3, -0.25) is 9.69 Å². The summed E-state index contributed by atoms with van der Waals surface area (Å²) < 4.78 is 0. The van der Waals surface area contributed by atoms with Crippen molar-refractivity contribution in [3.05, 3.63) is 22.4 Å². The van der Waals surface area contributed by atoms with Gasteiger partial charge in [0.2, 0.25) is 5.91 Å². The Morgan fingerprint density at radius 2 is 1.97 bits per heavy atom.